The van der Waals surface area contributed by atoms with Gasteiger partial charge in [0, 0.05) is 35.1 Å². The molecule has 5 rings (SSSR count). The van der Waals surface area contributed by atoms with Crippen molar-refractivity contribution in [2.45, 2.75) is 19.4 Å². The van der Waals surface area contributed by atoms with Crippen LogP contribution in [0.15, 0.2) is 71.5 Å². The first-order valence-corrected chi connectivity index (χ1v) is 10.5. The van der Waals surface area contributed by atoms with Crippen molar-refractivity contribution < 1.29 is 14.0 Å². The molecular formula is C25H23N3O3. The molecule has 0 aliphatic carbocycles. The Morgan fingerprint density at radius 3 is 2.52 bits per heavy atom. The van der Waals surface area contributed by atoms with E-state index < -0.39 is 11.8 Å². The lowest BCUT2D eigenvalue weighted by Gasteiger charge is -2.19. The van der Waals surface area contributed by atoms with E-state index in [0.717, 1.165) is 17.8 Å². The van der Waals surface area contributed by atoms with Crippen LogP contribution in [0, 0.1) is 0 Å². The number of carbonyl (C=O) groups excluding carboxylic acids is 2. The molecule has 0 spiro atoms. The van der Waals surface area contributed by atoms with Crippen LogP contribution in [0.4, 0.5) is 5.69 Å². The summed E-state index contributed by atoms with van der Waals surface area (Å²) in [6.07, 6.45) is 5.81. The third-order valence-corrected chi connectivity index (χ3v) is 5.77. The highest BCUT2D eigenvalue weighted by Gasteiger charge is 2.27. The maximum Gasteiger partial charge on any atom is 0.260 e. The lowest BCUT2D eigenvalue weighted by Crippen LogP contribution is -2.36. The molecule has 0 atom stereocenters. The Bertz CT molecular complexity index is 1140. The van der Waals surface area contributed by atoms with Crippen molar-refractivity contribution >= 4 is 23.1 Å². The molecule has 31 heavy (non-hydrogen) atoms. The van der Waals surface area contributed by atoms with Crippen molar-refractivity contribution in [3.63, 3.8) is 0 Å². The number of furan rings is 1. The fourth-order valence-corrected chi connectivity index (χ4v) is 4.13. The van der Waals surface area contributed by atoms with Crippen LogP contribution in [0.3, 0.4) is 0 Å². The highest BCUT2D eigenvalue weighted by atomic mass is 16.3. The smallest absolute Gasteiger partial charge is 0.260 e. The van der Waals surface area contributed by atoms with Gasteiger partial charge in [-0.15, -0.1) is 0 Å². The van der Waals surface area contributed by atoms with E-state index in [0.29, 0.717) is 22.5 Å². The van der Waals surface area contributed by atoms with Gasteiger partial charge in [0.1, 0.15) is 5.76 Å². The van der Waals surface area contributed by atoms with Crippen molar-refractivity contribution in [3.8, 4) is 11.3 Å². The van der Waals surface area contributed by atoms with Crippen LogP contribution < -0.4 is 10.6 Å². The maximum absolute atomic E-state index is 12.6. The van der Waals surface area contributed by atoms with Crippen LogP contribution in [-0.4, -0.2) is 29.8 Å². The molecule has 156 valence electrons. The van der Waals surface area contributed by atoms with Gasteiger partial charge in [0.25, 0.3) is 11.8 Å². The molecule has 1 saturated heterocycles. The molecule has 0 bridgehead atoms. The van der Waals surface area contributed by atoms with Crippen LogP contribution in [0.1, 0.15) is 34.3 Å². The second-order valence-corrected chi connectivity index (χ2v) is 7.90. The van der Waals surface area contributed by atoms with Crippen LogP contribution >= 0.6 is 0 Å². The number of likely N-dealkylation sites (tertiary alicyclic amines) is 1. The highest BCUT2D eigenvalue weighted by molar-refractivity contribution is 6.31. The van der Waals surface area contributed by atoms with Gasteiger partial charge in [0.05, 0.1) is 11.8 Å². The minimum absolute atomic E-state index is 0.394. The molecule has 2 N–H and O–H groups in total. The number of imide groups is 1. The van der Waals surface area contributed by atoms with Crippen molar-refractivity contribution in [2.75, 3.05) is 18.4 Å². The molecule has 6 heteroatoms. The highest BCUT2D eigenvalue weighted by Crippen LogP contribution is 2.30. The first-order valence-electron chi connectivity index (χ1n) is 10.5. The molecule has 1 aromatic heterocycles. The summed E-state index contributed by atoms with van der Waals surface area (Å²) in [5.41, 5.74) is 4.41. The minimum Gasteiger partial charge on any atom is -0.464 e. The Hall–Kier alpha value is -3.64. The normalized spacial score (nSPS) is 17.6. The van der Waals surface area contributed by atoms with Gasteiger partial charge in [-0.1, -0.05) is 18.2 Å². The fourth-order valence-electron chi connectivity index (χ4n) is 4.13. The summed E-state index contributed by atoms with van der Waals surface area (Å²) in [7, 11) is 0. The van der Waals surface area contributed by atoms with Crippen molar-refractivity contribution in [1.29, 1.82) is 0 Å². The van der Waals surface area contributed by atoms with E-state index in [1.54, 1.807) is 24.6 Å². The quantitative estimate of drug-likeness (QED) is 0.483. The largest absolute Gasteiger partial charge is 0.464 e. The molecule has 3 heterocycles. The molecule has 2 aliphatic rings. The van der Waals surface area contributed by atoms with Crippen LogP contribution in [0.5, 0.6) is 0 Å². The summed E-state index contributed by atoms with van der Waals surface area (Å²) in [4.78, 5) is 27.3. The zero-order valence-electron chi connectivity index (χ0n) is 17.1. The van der Waals surface area contributed by atoms with Crippen LogP contribution in [-0.2, 0) is 11.3 Å². The molecule has 1 fully saturated rings. The predicted molar refractivity (Wildman–Crippen MR) is 119 cm³/mol. The second-order valence-electron chi connectivity index (χ2n) is 7.90. The molecule has 2 aromatic carbocycles. The van der Waals surface area contributed by atoms with Gasteiger partial charge in [0.2, 0.25) is 0 Å². The number of anilines is 1. The predicted octanol–water partition coefficient (Wildman–Crippen LogP) is 4.27. The summed E-state index contributed by atoms with van der Waals surface area (Å²) in [6.45, 7) is 3.30. The van der Waals surface area contributed by atoms with E-state index >= 15 is 0 Å². The van der Waals surface area contributed by atoms with E-state index in [1.807, 2.05) is 30.3 Å². The van der Waals surface area contributed by atoms with Gasteiger partial charge in [0.15, 0.2) is 0 Å². The lowest BCUT2D eigenvalue weighted by molar-refractivity contribution is -0.114. The van der Waals surface area contributed by atoms with E-state index in [2.05, 4.69) is 27.7 Å². The molecule has 0 saturated carbocycles. The number of rotatable bonds is 5. The molecule has 2 aliphatic heterocycles. The summed E-state index contributed by atoms with van der Waals surface area (Å²) < 4.78 is 5.46. The maximum atomic E-state index is 12.6. The Morgan fingerprint density at radius 1 is 0.968 bits per heavy atom. The molecule has 6 nitrogen and oxygen atoms in total. The Morgan fingerprint density at radius 2 is 1.77 bits per heavy atom. The molecular weight excluding hydrogens is 390 g/mol. The van der Waals surface area contributed by atoms with Gasteiger partial charge < -0.3 is 9.73 Å². The molecule has 3 aromatic rings. The average molecular weight is 413 g/mol. The number of hydrogen-bond donors (Lipinski definition) is 2. The lowest BCUT2D eigenvalue weighted by atomic mass is 9.93. The Balaban J connectivity index is 1.39. The van der Waals surface area contributed by atoms with Crippen molar-refractivity contribution in [2.24, 2.45) is 0 Å². The number of benzene rings is 2. The van der Waals surface area contributed by atoms with Gasteiger partial charge in [-0.05, 0) is 67.9 Å². The SMILES string of the molecule is O=C1NC(=O)c2ccc(-c3ccco3)cc2/C1=C\Nc1ccc(CN2CCCC2)cc1. The Kier molecular flexibility index (Phi) is 5.14. The van der Waals surface area contributed by atoms with Gasteiger partial charge >= 0.3 is 0 Å². The van der Waals surface area contributed by atoms with E-state index in [-0.39, 0.29) is 0 Å². The van der Waals surface area contributed by atoms with Crippen molar-refractivity contribution in [3.05, 3.63) is 83.8 Å². The third kappa shape index (κ3) is 4.02. The van der Waals surface area contributed by atoms with Gasteiger partial charge in [-0.25, -0.2) is 0 Å². The molecule has 0 radical (unpaired) electrons. The second kappa shape index (κ2) is 8.24. The first-order chi connectivity index (χ1) is 15.2. The zero-order valence-corrected chi connectivity index (χ0v) is 17.1. The standard InChI is InChI=1S/C25H23N3O3/c29-24-20-10-7-18(23-4-3-13-31-23)14-21(20)22(25(30)27-24)15-26-19-8-5-17(6-9-19)16-28-11-1-2-12-28/h3-10,13-15,26H,1-2,11-12,16H2,(H,27,29,30)/b22-15+. The Labute approximate surface area is 180 Å². The third-order valence-electron chi connectivity index (χ3n) is 5.77. The van der Waals surface area contributed by atoms with Crippen molar-refractivity contribution in [1.82, 2.24) is 10.2 Å². The minimum atomic E-state index is -0.424. The summed E-state index contributed by atoms with van der Waals surface area (Å²) in [5.74, 6) is -0.135. The summed E-state index contributed by atoms with van der Waals surface area (Å²) in [6, 6.07) is 17.2. The zero-order chi connectivity index (χ0) is 21.2. The summed E-state index contributed by atoms with van der Waals surface area (Å²) in [5, 5.41) is 5.61. The number of hydrogen-bond acceptors (Lipinski definition) is 5. The summed E-state index contributed by atoms with van der Waals surface area (Å²) >= 11 is 0. The number of nitrogens with zero attached hydrogens (tertiary/aromatic N) is 1. The number of amides is 2. The van der Waals surface area contributed by atoms with Crippen LogP contribution in [0.25, 0.3) is 16.9 Å². The topological polar surface area (TPSA) is 74.6 Å². The first kappa shape index (κ1) is 19.3. The number of fused-ring (bicyclic) bond motifs is 1. The van der Waals surface area contributed by atoms with E-state index in [4.69, 9.17) is 4.42 Å². The average Bonchev–Trinajstić information content (AvgIpc) is 3.49. The van der Waals surface area contributed by atoms with Gasteiger partial charge in [-0.2, -0.15) is 0 Å². The number of carbonyl (C=O) groups is 2. The van der Waals surface area contributed by atoms with E-state index in [1.165, 1.54) is 31.5 Å². The molecule has 2 amide bonds. The molecule has 0 unspecified atom stereocenters. The van der Waals surface area contributed by atoms with Gasteiger partial charge in [-0.3, -0.25) is 19.8 Å². The van der Waals surface area contributed by atoms with Crippen LogP contribution in [0.2, 0.25) is 0 Å². The monoisotopic (exact) mass is 413 g/mol. The number of nitrogens with one attached hydrogen (secondary N) is 2. The fraction of sp³-hybridized carbons (Fsp3) is 0.200. The van der Waals surface area contributed by atoms with E-state index in [9.17, 15) is 9.59 Å².